The lowest BCUT2D eigenvalue weighted by Crippen LogP contribution is -2.38. The molecule has 2 heterocycles. The second kappa shape index (κ2) is 6.68. The van der Waals surface area contributed by atoms with Gasteiger partial charge in [0.25, 0.3) is 11.9 Å². The van der Waals surface area contributed by atoms with Gasteiger partial charge >= 0.3 is 0 Å². The van der Waals surface area contributed by atoms with Crippen molar-refractivity contribution in [2.75, 3.05) is 11.9 Å². The third-order valence-electron chi connectivity index (χ3n) is 3.93. The molecule has 0 saturated heterocycles. The van der Waals surface area contributed by atoms with Crippen LogP contribution < -0.4 is 11.1 Å². The maximum Gasteiger partial charge on any atom is 0.282 e. The Bertz CT molecular complexity index is 858. The molecule has 3 rings (SSSR count). The summed E-state index contributed by atoms with van der Waals surface area (Å²) in [5.41, 5.74) is 5.53. The Morgan fingerprint density at radius 2 is 2.20 bits per heavy atom. The molecule has 0 fully saturated rings. The zero-order valence-electron chi connectivity index (χ0n) is 13.4. The highest BCUT2D eigenvalue weighted by Crippen LogP contribution is 2.34. The molecule has 1 aromatic carbocycles. The van der Waals surface area contributed by atoms with Gasteiger partial charge in [-0.25, -0.2) is 9.38 Å². The molecule has 0 saturated carbocycles. The number of nitrogens with one attached hydrogen (secondary N) is 1. The number of carbonyl (C=O) groups is 1. The molecule has 0 bridgehead atoms. The number of anilines is 1. The highest BCUT2D eigenvalue weighted by atomic mass is 35.5. The van der Waals surface area contributed by atoms with Crippen molar-refractivity contribution >= 4 is 29.2 Å². The number of benzene rings is 1. The number of aromatic nitrogens is 1. The minimum atomic E-state index is -0.953. The molecular formula is C17H16ClFN4O2. The summed E-state index contributed by atoms with van der Waals surface area (Å²) in [6.07, 6.45) is 1.91. The molecule has 25 heavy (non-hydrogen) atoms. The maximum atomic E-state index is 14.3. The second-order valence-corrected chi connectivity index (χ2v) is 6.25. The smallest absolute Gasteiger partial charge is 0.282 e. The number of hydrogen-bond acceptors (Lipinski definition) is 5. The summed E-state index contributed by atoms with van der Waals surface area (Å²) >= 11 is 5.86. The summed E-state index contributed by atoms with van der Waals surface area (Å²) in [5, 5.41) is 3.08. The summed E-state index contributed by atoms with van der Waals surface area (Å²) in [7, 11) is 0. The van der Waals surface area contributed by atoms with Crippen LogP contribution in [-0.4, -0.2) is 23.5 Å². The summed E-state index contributed by atoms with van der Waals surface area (Å²) < 4.78 is 19.9. The topological polar surface area (TPSA) is 89.6 Å². The number of aliphatic imine (C=N–C) groups is 1. The maximum absolute atomic E-state index is 14.3. The van der Waals surface area contributed by atoms with Gasteiger partial charge in [-0.15, -0.1) is 0 Å². The van der Waals surface area contributed by atoms with E-state index in [1.54, 1.807) is 13.0 Å². The minimum Gasteiger partial charge on any atom is -0.454 e. The van der Waals surface area contributed by atoms with Gasteiger partial charge in [-0.1, -0.05) is 11.6 Å². The molecule has 0 unspecified atom stereocenters. The van der Waals surface area contributed by atoms with Crippen molar-refractivity contribution in [3.8, 4) is 0 Å². The van der Waals surface area contributed by atoms with Crippen molar-refractivity contribution < 1.29 is 13.9 Å². The van der Waals surface area contributed by atoms with E-state index in [9.17, 15) is 9.18 Å². The van der Waals surface area contributed by atoms with Crippen molar-refractivity contribution in [3.63, 3.8) is 0 Å². The Balaban J connectivity index is 1.87. The standard InChI is InChI=1S/C17H16ClFN4O2/c1-17(5-7-22-16(20)25-17)12-9-11(2-3-13(12)19)23-15(24)14-8-10(18)4-6-21-14/h2-4,6,8-9H,5,7H2,1H3,(H2,20,22)(H,23,24)/t17-/m0/s1. The number of ether oxygens (including phenoxy) is 1. The van der Waals surface area contributed by atoms with Gasteiger partial charge in [0.2, 0.25) is 0 Å². The van der Waals surface area contributed by atoms with Crippen LogP contribution in [0.2, 0.25) is 5.02 Å². The highest BCUT2D eigenvalue weighted by Gasteiger charge is 2.35. The summed E-state index contributed by atoms with van der Waals surface area (Å²) in [6.45, 7) is 2.17. The number of rotatable bonds is 3. The zero-order chi connectivity index (χ0) is 18.0. The number of nitrogens with zero attached hydrogens (tertiary/aromatic N) is 2. The Labute approximate surface area is 148 Å². The lowest BCUT2D eigenvalue weighted by molar-refractivity contribution is 0.0482. The van der Waals surface area contributed by atoms with Gasteiger partial charge in [-0.05, 0) is 37.3 Å². The van der Waals surface area contributed by atoms with Crippen molar-refractivity contribution in [1.82, 2.24) is 4.98 Å². The van der Waals surface area contributed by atoms with Gasteiger partial charge in [0.05, 0.1) is 0 Å². The van der Waals surface area contributed by atoms with E-state index in [0.717, 1.165) is 0 Å². The number of pyridine rings is 1. The molecule has 130 valence electrons. The molecule has 1 amide bonds. The van der Waals surface area contributed by atoms with Gasteiger partial charge in [0, 0.05) is 35.4 Å². The van der Waals surface area contributed by atoms with Crippen LogP contribution in [0.1, 0.15) is 29.4 Å². The van der Waals surface area contributed by atoms with E-state index in [2.05, 4.69) is 15.3 Å². The Kier molecular flexibility index (Phi) is 4.59. The molecule has 0 radical (unpaired) electrons. The largest absolute Gasteiger partial charge is 0.454 e. The van der Waals surface area contributed by atoms with Crippen molar-refractivity contribution in [1.29, 1.82) is 0 Å². The molecule has 2 aromatic rings. The van der Waals surface area contributed by atoms with Gasteiger partial charge in [0.15, 0.2) is 0 Å². The first-order valence-corrected chi connectivity index (χ1v) is 7.97. The molecular weight excluding hydrogens is 347 g/mol. The lowest BCUT2D eigenvalue weighted by atomic mass is 9.90. The van der Waals surface area contributed by atoms with Crippen molar-refractivity contribution in [3.05, 3.63) is 58.6 Å². The van der Waals surface area contributed by atoms with Gasteiger partial charge in [0.1, 0.15) is 17.1 Å². The Morgan fingerprint density at radius 1 is 1.40 bits per heavy atom. The van der Waals surface area contributed by atoms with Crippen molar-refractivity contribution in [2.24, 2.45) is 10.7 Å². The number of halogens is 2. The average Bonchev–Trinajstić information content (AvgIpc) is 2.56. The first-order chi connectivity index (χ1) is 11.9. The third kappa shape index (κ3) is 3.71. The van der Waals surface area contributed by atoms with Crippen LogP contribution in [-0.2, 0) is 10.3 Å². The van der Waals surface area contributed by atoms with Gasteiger partial charge < -0.3 is 15.8 Å². The molecule has 1 aromatic heterocycles. The van der Waals surface area contributed by atoms with E-state index >= 15 is 0 Å². The number of hydrogen-bond donors (Lipinski definition) is 2. The molecule has 8 heteroatoms. The highest BCUT2D eigenvalue weighted by molar-refractivity contribution is 6.30. The van der Waals surface area contributed by atoms with E-state index in [4.69, 9.17) is 22.1 Å². The zero-order valence-corrected chi connectivity index (χ0v) is 14.2. The van der Waals surface area contributed by atoms with E-state index < -0.39 is 17.3 Å². The van der Waals surface area contributed by atoms with Crippen LogP contribution in [0.25, 0.3) is 0 Å². The van der Waals surface area contributed by atoms with Crippen LogP contribution in [0.5, 0.6) is 0 Å². The van der Waals surface area contributed by atoms with E-state index in [1.807, 2.05) is 0 Å². The summed E-state index contributed by atoms with van der Waals surface area (Å²) in [6, 6.07) is 7.30. The number of nitrogens with two attached hydrogens (primary N) is 1. The molecule has 1 atom stereocenters. The van der Waals surface area contributed by atoms with E-state index in [-0.39, 0.29) is 11.7 Å². The fourth-order valence-electron chi connectivity index (χ4n) is 2.62. The van der Waals surface area contributed by atoms with E-state index in [0.29, 0.717) is 29.2 Å². The van der Waals surface area contributed by atoms with Crippen LogP contribution in [0.4, 0.5) is 10.1 Å². The molecule has 1 aliphatic rings. The summed E-state index contributed by atoms with van der Waals surface area (Å²) in [4.78, 5) is 20.2. The van der Waals surface area contributed by atoms with Crippen LogP contribution in [0.3, 0.4) is 0 Å². The first kappa shape index (κ1) is 17.2. The van der Waals surface area contributed by atoms with Crippen LogP contribution in [0.15, 0.2) is 41.5 Å². The number of carbonyl (C=O) groups excluding carboxylic acids is 1. The Hall–Kier alpha value is -2.67. The fraction of sp³-hybridized carbons (Fsp3) is 0.235. The fourth-order valence-corrected chi connectivity index (χ4v) is 2.78. The molecule has 0 aliphatic carbocycles. The SMILES string of the molecule is C[C@@]1(c2cc(NC(=O)c3cc(Cl)ccn3)ccc2F)CCN=C(N)O1. The van der Waals surface area contributed by atoms with E-state index in [1.165, 1.54) is 30.5 Å². The molecule has 6 nitrogen and oxygen atoms in total. The molecule has 3 N–H and O–H groups in total. The Morgan fingerprint density at radius 3 is 2.92 bits per heavy atom. The average molecular weight is 363 g/mol. The monoisotopic (exact) mass is 362 g/mol. The predicted molar refractivity (Wildman–Crippen MR) is 93.1 cm³/mol. The lowest BCUT2D eigenvalue weighted by Gasteiger charge is -2.33. The number of amidine groups is 1. The van der Waals surface area contributed by atoms with Gasteiger partial charge in [-0.3, -0.25) is 9.78 Å². The first-order valence-electron chi connectivity index (χ1n) is 7.59. The second-order valence-electron chi connectivity index (χ2n) is 5.81. The minimum absolute atomic E-state index is 0.0192. The predicted octanol–water partition coefficient (Wildman–Crippen LogP) is 3.08. The molecule has 1 aliphatic heterocycles. The van der Waals surface area contributed by atoms with Gasteiger partial charge in [-0.2, -0.15) is 0 Å². The normalized spacial score (nSPS) is 19.7. The third-order valence-corrected chi connectivity index (χ3v) is 4.17. The van der Waals surface area contributed by atoms with Crippen LogP contribution in [0, 0.1) is 5.82 Å². The summed E-state index contributed by atoms with van der Waals surface area (Å²) in [5.74, 6) is -0.896. The quantitative estimate of drug-likeness (QED) is 0.878. The van der Waals surface area contributed by atoms with Crippen molar-refractivity contribution in [2.45, 2.75) is 18.9 Å². The van der Waals surface area contributed by atoms with Crippen LogP contribution >= 0.6 is 11.6 Å². The number of amides is 1. The molecule has 0 spiro atoms.